The van der Waals surface area contributed by atoms with E-state index in [1.165, 1.54) is 6.07 Å². The first-order valence-corrected chi connectivity index (χ1v) is 3.11. The molecule has 1 rings (SSSR count). The summed E-state index contributed by atoms with van der Waals surface area (Å²) in [4.78, 5) is 3.13. The smallest absolute Gasteiger partial charge is 0.418 e. The van der Waals surface area contributed by atoms with Gasteiger partial charge in [0.15, 0.2) is 11.4 Å². The van der Waals surface area contributed by atoms with E-state index in [1.807, 2.05) is 0 Å². The number of pyridine rings is 1. The molecule has 1 heterocycles. The van der Waals surface area contributed by atoms with Gasteiger partial charge in [0.25, 0.3) is 0 Å². The summed E-state index contributed by atoms with van der Waals surface area (Å²) in [6.07, 6.45) is -4.06. The molecule has 0 radical (unpaired) electrons. The monoisotopic (exact) mass is 188 g/mol. The molecule has 0 aliphatic heterocycles. The summed E-state index contributed by atoms with van der Waals surface area (Å²) in [5.41, 5.74) is -1.50. The zero-order valence-electron chi connectivity index (χ0n) is 6.13. The molecule has 0 amide bonds. The van der Waals surface area contributed by atoms with Crippen LogP contribution in [0.5, 0.6) is 5.75 Å². The van der Waals surface area contributed by atoms with E-state index in [9.17, 15) is 13.2 Å². The normalized spacial score (nSPS) is 10.9. The first kappa shape index (κ1) is 9.32. The van der Waals surface area contributed by atoms with Crippen molar-refractivity contribution in [2.24, 2.45) is 0 Å². The second kappa shape index (κ2) is 2.94. The molecule has 0 aliphatic rings. The van der Waals surface area contributed by atoms with Gasteiger partial charge in [-0.2, -0.15) is 18.4 Å². The molecule has 1 N–H and O–H groups in total. The molecular formula is C7H3F3N2O. The Morgan fingerprint density at radius 3 is 2.46 bits per heavy atom. The topological polar surface area (TPSA) is 56.9 Å². The first-order chi connectivity index (χ1) is 5.95. The van der Waals surface area contributed by atoms with Gasteiger partial charge < -0.3 is 5.11 Å². The van der Waals surface area contributed by atoms with Gasteiger partial charge in [0.05, 0.1) is 5.56 Å². The van der Waals surface area contributed by atoms with Crippen molar-refractivity contribution in [2.45, 2.75) is 6.18 Å². The van der Waals surface area contributed by atoms with Crippen LogP contribution in [0.2, 0.25) is 0 Å². The van der Waals surface area contributed by atoms with Gasteiger partial charge in [-0.1, -0.05) is 0 Å². The zero-order valence-corrected chi connectivity index (χ0v) is 6.13. The molecule has 0 unspecified atom stereocenters. The van der Waals surface area contributed by atoms with Crippen LogP contribution in [0, 0.1) is 11.3 Å². The van der Waals surface area contributed by atoms with E-state index in [2.05, 4.69) is 4.98 Å². The van der Waals surface area contributed by atoms with Gasteiger partial charge in [-0.05, 0) is 6.07 Å². The standard InChI is InChI=1S/C7H3F3N2O/c8-7(9,10)4-1-6(13)5(2-11)12-3-4/h1,3,13H. The number of alkyl halides is 3. The molecule has 0 atom stereocenters. The Hall–Kier alpha value is -1.77. The van der Waals surface area contributed by atoms with Crippen LogP contribution in [0.25, 0.3) is 0 Å². The Labute approximate surface area is 71.1 Å². The minimum Gasteiger partial charge on any atom is -0.505 e. The van der Waals surface area contributed by atoms with Crippen molar-refractivity contribution >= 4 is 0 Å². The molecule has 1 aromatic rings. The predicted molar refractivity (Wildman–Crippen MR) is 35.6 cm³/mol. The lowest BCUT2D eigenvalue weighted by Gasteiger charge is -2.05. The summed E-state index contributed by atoms with van der Waals surface area (Å²) in [6.45, 7) is 0. The number of rotatable bonds is 0. The van der Waals surface area contributed by atoms with Gasteiger partial charge in [-0.3, -0.25) is 0 Å². The summed E-state index contributed by atoms with van der Waals surface area (Å²) in [5.74, 6) is -0.766. The second-order valence-electron chi connectivity index (χ2n) is 2.20. The summed E-state index contributed by atoms with van der Waals surface area (Å²) in [7, 11) is 0. The molecular weight excluding hydrogens is 185 g/mol. The Morgan fingerprint density at radius 2 is 2.08 bits per heavy atom. The fraction of sp³-hybridized carbons (Fsp3) is 0.143. The Bertz CT molecular complexity index is 367. The lowest BCUT2D eigenvalue weighted by molar-refractivity contribution is -0.137. The van der Waals surface area contributed by atoms with Crippen molar-refractivity contribution in [1.82, 2.24) is 4.98 Å². The summed E-state index contributed by atoms with van der Waals surface area (Å²) < 4.78 is 35.9. The number of aromatic hydroxyl groups is 1. The molecule has 0 fully saturated rings. The Kier molecular flexibility index (Phi) is 2.10. The van der Waals surface area contributed by atoms with Gasteiger partial charge >= 0.3 is 6.18 Å². The maximum atomic E-state index is 12.0. The molecule has 68 valence electrons. The molecule has 0 aromatic carbocycles. The van der Waals surface area contributed by atoms with Crippen molar-refractivity contribution in [1.29, 1.82) is 5.26 Å². The number of hydrogen-bond acceptors (Lipinski definition) is 3. The molecule has 1 aromatic heterocycles. The number of hydrogen-bond donors (Lipinski definition) is 1. The molecule has 3 nitrogen and oxygen atoms in total. The third kappa shape index (κ3) is 1.87. The van der Waals surface area contributed by atoms with Crippen molar-refractivity contribution in [3.8, 4) is 11.8 Å². The van der Waals surface area contributed by atoms with Gasteiger partial charge in [0.2, 0.25) is 0 Å². The third-order valence-corrected chi connectivity index (χ3v) is 1.30. The molecule has 0 spiro atoms. The highest BCUT2D eigenvalue weighted by molar-refractivity contribution is 5.38. The zero-order chi connectivity index (χ0) is 10.1. The van der Waals surface area contributed by atoms with Crippen molar-refractivity contribution < 1.29 is 18.3 Å². The number of halogens is 3. The molecule has 6 heteroatoms. The molecule has 0 saturated heterocycles. The van der Waals surface area contributed by atoms with Crippen molar-refractivity contribution in [2.75, 3.05) is 0 Å². The van der Waals surface area contributed by atoms with E-state index in [0.29, 0.717) is 12.3 Å². The fourth-order valence-corrected chi connectivity index (χ4v) is 0.694. The largest absolute Gasteiger partial charge is 0.505 e. The maximum Gasteiger partial charge on any atom is 0.418 e. The maximum absolute atomic E-state index is 12.0. The van der Waals surface area contributed by atoms with Gasteiger partial charge in [0.1, 0.15) is 6.07 Å². The van der Waals surface area contributed by atoms with E-state index in [1.54, 1.807) is 0 Å². The Balaban J connectivity index is 3.20. The van der Waals surface area contributed by atoms with Crippen molar-refractivity contribution in [3.63, 3.8) is 0 Å². The van der Waals surface area contributed by atoms with Crippen molar-refractivity contribution in [3.05, 3.63) is 23.5 Å². The van der Waals surface area contributed by atoms with Crippen LogP contribution >= 0.6 is 0 Å². The van der Waals surface area contributed by atoms with Crippen LogP contribution in [-0.4, -0.2) is 10.1 Å². The number of nitrogens with zero attached hydrogens (tertiary/aromatic N) is 2. The van der Waals surface area contributed by atoms with E-state index in [-0.39, 0.29) is 0 Å². The third-order valence-electron chi connectivity index (χ3n) is 1.30. The van der Waals surface area contributed by atoms with Crippen LogP contribution < -0.4 is 0 Å². The molecule has 0 saturated carbocycles. The van der Waals surface area contributed by atoms with Crippen LogP contribution in [0.15, 0.2) is 12.3 Å². The minimum absolute atomic E-state index is 0.423. The minimum atomic E-state index is -4.56. The van der Waals surface area contributed by atoms with Gasteiger partial charge in [0, 0.05) is 6.20 Å². The first-order valence-electron chi connectivity index (χ1n) is 3.11. The fourth-order valence-electron chi connectivity index (χ4n) is 0.694. The molecule has 0 aliphatic carbocycles. The van der Waals surface area contributed by atoms with E-state index in [0.717, 1.165) is 0 Å². The Morgan fingerprint density at radius 1 is 1.46 bits per heavy atom. The van der Waals surface area contributed by atoms with E-state index >= 15 is 0 Å². The highest BCUT2D eigenvalue weighted by Gasteiger charge is 2.31. The highest BCUT2D eigenvalue weighted by atomic mass is 19.4. The molecule has 0 bridgehead atoms. The van der Waals surface area contributed by atoms with E-state index < -0.39 is 23.2 Å². The average Bonchev–Trinajstić information content (AvgIpc) is 2.02. The van der Waals surface area contributed by atoms with E-state index in [4.69, 9.17) is 10.4 Å². The summed E-state index contributed by atoms with van der Waals surface area (Å²) in [6, 6.07) is 1.91. The molecule has 13 heavy (non-hydrogen) atoms. The second-order valence-corrected chi connectivity index (χ2v) is 2.20. The highest BCUT2D eigenvalue weighted by Crippen LogP contribution is 2.31. The summed E-state index contributed by atoms with van der Waals surface area (Å²) >= 11 is 0. The predicted octanol–water partition coefficient (Wildman–Crippen LogP) is 1.68. The van der Waals surface area contributed by atoms with Crippen LogP contribution in [-0.2, 0) is 6.18 Å². The van der Waals surface area contributed by atoms with Gasteiger partial charge in [-0.15, -0.1) is 0 Å². The quantitative estimate of drug-likeness (QED) is 0.673. The lowest BCUT2D eigenvalue weighted by atomic mass is 10.2. The summed E-state index contributed by atoms with van der Waals surface area (Å²) in [5, 5.41) is 17.1. The van der Waals surface area contributed by atoms with Crippen LogP contribution in [0.3, 0.4) is 0 Å². The number of nitriles is 1. The lowest BCUT2D eigenvalue weighted by Crippen LogP contribution is -2.05. The van der Waals surface area contributed by atoms with Crippen LogP contribution in [0.4, 0.5) is 13.2 Å². The van der Waals surface area contributed by atoms with Gasteiger partial charge in [-0.25, -0.2) is 4.98 Å². The number of aromatic nitrogens is 1. The van der Waals surface area contributed by atoms with Crippen LogP contribution in [0.1, 0.15) is 11.3 Å². The average molecular weight is 188 g/mol. The SMILES string of the molecule is N#Cc1ncc(C(F)(F)F)cc1O.